The molecule has 0 fully saturated rings. The van der Waals surface area contributed by atoms with E-state index in [1.807, 2.05) is 6.07 Å². The third-order valence-electron chi connectivity index (χ3n) is 3.84. The summed E-state index contributed by atoms with van der Waals surface area (Å²) in [6, 6.07) is 5.56. The van der Waals surface area contributed by atoms with Crippen molar-refractivity contribution < 1.29 is 29.1 Å². The van der Waals surface area contributed by atoms with E-state index in [-0.39, 0.29) is 6.42 Å². The molecule has 158 valence electrons. The van der Waals surface area contributed by atoms with Crippen molar-refractivity contribution in [1.82, 2.24) is 16.0 Å². The van der Waals surface area contributed by atoms with Crippen LogP contribution in [-0.2, 0) is 30.4 Å². The number of nitrogens with one attached hydrogen (secondary N) is 3. The number of aliphatic carboxylic acids is 1. The normalized spacial score (nSPS) is 13.4. The smallest absolute Gasteiger partial charge is 0.322 e. The van der Waals surface area contributed by atoms with E-state index in [4.69, 9.17) is 16.6 Å². The van der Waals surface area contributed by atoms with Crippen molar-refractivity contribution in [2.75, 3.05) is 6.54 Å². The maximum Gasteiger partial charge on any atom is 0.322 e. The standard InChI is InChI=1S/C18H25N5O6/c1-10(16(27)21-9-15(25)26)22-18(29)13(8-14(20)24)23-17(28)12(19)7-11-5-3-2-4-6-11/h2-6,10,12-13H,7-9,19H2,1H3,(H2,20,24)(H,21,27)(H,22,29)(H,23,28)(H,25,26). The highest BCUT2D eigenvalue weighted by Crippen LogP contribution is 2.03. The van der Waals surface area contributed by atoms with E-state index in [0.717, 1.165) is 5.56 Å². The Balaban J connectivity index is 2.70. The quantitative estimate of drug-likeness (QED) is 0.236. The van der Waals surface area contributed by atoms with E-state index >= 15 is 0 Å². The third-order valence-corrected chi connectivity index (χ3v) is 3.84. The first-order valence-electron chi connectivity index (χ1n) is 8.78. The van der Waals surface area contributed by atoms with Crippen LogP contribution in [0.25, 0.3) is 0 Å². The monoisotopic (exact) mass is 407 g/mol. The van der Waals surface area contributed by atoms with Crippen LogP contribution in [-0.4, -0.2) is 59.4 Å². The fraction of sp³-hybridized carbons (Fsp3) is 0.389. The molecule has 0 spiro atoms. The largest absolute Gasteiger partial charge is 0.480 e. The van der Waals surface area contributed by atoms with E-state index < -0.39 is 60.7 Å². The van der Waals surface area contributed by atoms with Gasteiger partial charge in [-0.1, -0.05) is 30.3 Å². The zero-order valence-corrected chi connectivity index (χ0v) is 15.9. The molecular weight excluding hydrogens is 382 g/mol. The molecule has 0 saturated carbocycles. The van der Waals surface area contributed by atoms with Crippen LogP contribution in [0.5, 0.6) is 0 Å². The number of carboxylic acids is 1. The van der Waals surface area contributed by atoms with E-state index in [2.05, 4.69) is 16.0 Å². The summed E-state index contributed by atoms with van der Waals surface area (Å²) >= 11 is 0. The van der Waals surface area contributed by atoms with Gasteiger partial charge in [0.15, 0.2) is 0 Å². The van der Waals surface area contributed by atoms with Crippen LogP contribution in [0.15, 0.2) is 30.3 Å². The maximum atomic E-state index is 12.4. The summed E-state index contributed by atoms with van der Waals surface area (Å²) in [7, 11) is 0. The number of carboxylic acid groups (broad SMARTS) is 1. The van der Waals surface area contributed by atoms with Crippen LogP contribution in [0.1, 0.15) is 18.9 Å². The lowest BCUT2D eigenvalue weighted by Crippen LogP contribution is -2.56. The Bertz CT molecular complexity index is 754. The number of amides is 4. The molecule has 3 atom stereocenters. The first-order valence-corrected chi connectivity index (χ1v) is 8.78. The molecule has 29 heavy (non-hydrogen) atoms. The van der Waals surface area contributed by atoms with Crippen LogP contribution in [0, 0.1) is 0 Å². The minimum atomic E-state index is -1.34. The van der Waals surface area contributed by atoms with Crippen molar-refractivity contribution in [2.45, 2.75) is 37.9 Å². The fourth-order valence-electron chi connectivity index (χ4n) is 2.35. The van der Waals surface area contributed by atoms with Crippen LogP contribution in [0.3, 0.4) is 0 Å². The lowest BCUT2D eigenvalue weighted by molar-refractivity contribution is -0.138. The molecule has 0 aliphatic heterocycles. The minimum absolute atomic E-state index is 0.214. The molecule has 1 aromatic carbocycles. The van der Waals surface area contributed by atoms with Crippen LogP contribution in [0.4, 0.5) is 0 Å². The number of hydrogen-bond acceptors (Lipinski definition) is 6. The van der Waals surface area contributed by atoms with Crippen molar-refractivity contribution >= 4 is 29.6 Å². The summed E-state index contributed by atoms with van der Waals surface area (Å²) in [5.41, 5.74) is 11.8. The lowest BCUT2D eigenvalue weighted by atomic mass is 10.1. The highest BCUT2D eigenvalue weighted by atomic mass is 16.4. The Labute approximate surface area is 167 Å². The van der Waals surface area contributed by atoms with Crippen molar-refractivity contribution in [3.8, 4) is 0 Å². The van der Waals surface area contributed by atoms with Gasteiger partial charge in [0.05, 0.1) is 12.5 Å². The number of carbonyl (C=O) groups excluding carboxylic acids is 4. The van der Waals surface area contributed by atoms with Gasteiger partial charge in [-0.05, 0) is 18.9 Å². The van der Waals surface area contributed by atoms with Crippen LogP contribution < -0.4 is 27.4 Å². The molecule has 3 unspecified atom stereocenters. The summed E-state index contributed by atoms with van der Waals surface area (Å²) in [4.78, 5) is 58.2. The zero-order valence-electron chi connectivity index (χ0n) is 15.9. The topological polar surface area (TPSA) is 194 Å². The number of primary amides is 1. The van der Waals surface area contributed by atoms with Gasteiger partial charge in [-0.15, -0.1) is 0 Å². The van der Waals surface area contributed by atoms with Crippen LogP contribution >= 0.6 is 0 Å². The predicted octanol–water partition coefficient (Wildman–Crippen LogP) is -2.38. The van der Waals surface area contributed by atoms with Gasteiger partial charge in [-0.3, -0.25) is 24.0 Å². The number of carbonyl (C=O) groups is 5. The summed E-state index contributed by atoms with van der Waals surface area (Å²) < 4.78 is 0. The number of hydrogen-bond donors (Lipinski definition) is 6. The molecular formula is C18H25N5O6. The molecule has 0 radical (unpaired) electrons. The van der Waals surface area contributed by atoms with Gasteiger partial charge in [-0.25, -0.2) is 0 Å². The van der Waals surface area contributed by atoms with Gasteiger partial charge in [-0.2, -0.15) is 0 Å². The third kappa shape index (κ3) is 8.84. The predicted molar refractivity (Wildman–Crippen MR) is 102 cm³/mol. The lowest BCUT2D eigenvalue weighted by Gasteiger charge is -2.21. The molecule has 11 nitrogen and oxygen atoms in total. The van der Waals surface area contributed by atoms with Gasteiger partial charge in [0.2, 0.25) is 23.6 Å². The number of benzene rings is 1. The SMILES string of the molecule is CC(NC(=O)C(CC(N)=O)NC(=O)C(N)Cc1ccccc1)C(=O)NCC(=O)O. The Morgan fingerprint density at radius 1 is 1.00 bits per heavy atom. The Hall–Kier alpha value is -3.47. The average molecular weight is 407 g/mol. The molecule has 11 heteroatoms. The Kier molecular flexibility index (Phi) is 9.26. The Morgan fingerprint density at radius 3 is 2.17 bits per heavy atom. The van der Waals surface area contributed by atoms with Crippen molar-refractivity contribution in [2.24, 2.45) is 11.5 Å². The second kappa shape index (κ2) is 11.4. The summed E-state index contributed by atoms with van der Waals surface area (Å²) in [6.45, 7) is 0.703. The molecule has 0 aliphatic carbocycles. The van der Waals surface area contributed by atoms with Crippen molar-refractivity contribution in [1.29, 1.82) is 0 Å². The first kappa shape index (κ1) is 23.6. The Morgan fingerprint density at radius 2 is 1.62 bits per heavy atom. The fourth-order valence-corrected chi connectivity index (χ4v) is 2.35. The molecule has 4 amide bonds. The molecule has 0 aliphatic rings. The molecule has 0 aromatic heterocycles. The van der Waals surface area contributed by atoms with Gasteiger partial charge in [0, 0.05) is 0 Å². The highest BCUT2D eigenvalue weighted by Gasteiger charge is 2.27. The minimum Gasteiger partial charge on any atom is -0.480 e. The first-order chi connectivity index (χ1) is 13.6. The molecule has 0 heterocycles. The van der Waals surface area contributed by atoms with Crippen LogP contribution in [0.2, 0.25) is 0 Å². The number of nitrogens with two attached hydrogens (primary N) is 2. The van der Waals surface area contributed by atoms with Gasteiger partial charge in [0.1, 0.15) is 18.6 Å². The van der Waals surface area contributed by atoms with Gasteiger partial charge in [0.25, 0.3) is 0 Å². The van der Waals surface area contributed by atoms with Gasteiger partial charge >= 0.3 is 5.97 Å². The summed E-state index contributed by atoms with van der Waals surface area (Å²) in [5.74, 6) is -4.33. The molecule has 0 saturated heterocycles. The highest BCUT2D eigenvalue weighted by molar-refractivity contribution is 5.95. The summed E-state index contributed by atoms with van der Waals surface area (Å²) in [6.07, 6.45) is -0.287. The van der Waals surface area contributed by atoms with E-state index in [0.29, 0.717) is 0 Å². The van der Waals surface area contributed by atoms with Gasteiger partial charge < -0.3 is 32.5 Å². The maximum absolute atomic E-state index is 12.4. The van der Waals surface area contributed by atoms with E-state index in [1.54, 1.807) is 24.3 Å². The molecule has 8 N–H and O–H groups in total. The number of rotatable bonds is 11. The van der Waals surface area contributed by atoms with Crippen molar-refractivity contribution in [3.05, 3.63) is 35.9 Å². The average Bonchev–Trinajstić information content (AvgIpc) is 2.65. The molecule has 1 rings (SSSR count). The second-order valence-corrected chi connectivity index (χ2v) is 6.37. The van der Waals surface area contributed by atoms with E-state index in [9.17, 15) is 24.0 Å². The van der Waals surface area contributed by atoms with Crippen molar-refractivity contribution in [3.63, 3.8) is 0 Å². The van der Waals surface area contributed by atoms with E-state index in [1.165, 1.54) is 6.92 Å². The second-order valence-electron chi connectivity index (χ2n) is 6.37. The zero-order chi connectivity index (χ0) is 22.0. The summed E-state index contributed by atoms with van der Waals surface area (Å²) in [5, 5.41) is 15.3. The molecule has 0 bridgehead atoms. The molecule has 1 aromatic rings.